The molecular weight excluding hydrogens is 138 g/mol. The van der Waals surface area contributed by atoms with Crippen LogP contribution < -0.4 is 10.5 Å². The molecule has 0 aliphatic rings. The Kier molecular flexibility index (Phi) is 0.784. The summed E-state index contributed by atoms with van der Waals surface area (Å²) in [6.45, 7) is -4.97. The fourth-order valence-corrected chi connectivity index (χ4v) is 0.770. The lowest BCUT2D eigenvalue weighted by Crippen LogP contribution is -1.96. The molecule has 0 saturated carbocycles. The highest BCUT2D eigenvalue weighted by atomic mass is 16.5. The Morgan fingerprint density at radius 2 is 2.27 bits per heavy atom. The van der Waals surface area contributed by atoms with Crippen molar-refractivity contribution >= 4 is 5.69 Å². The number of aryl methyl sites for hydroxylation is 1. The van der Waals surface area contributed by atoms with Crippen molar-refractivity contribution in [3.63, 3.8) is 0 Å². The SMILES string of the molecule is [2H]C([2H])([2H])c1ccc(OC)c(C([2H])([2H])[2H])c1N. The molecular formula is C9H13NO. The largest absolute Gasteiger partial charge is 0.496 e. The number of nitrogens with two attached hydrogens (primary N) is 1. The summed E-state index contributed by atoms with van der Waals surface area (Å²) in [6, 6.07) is 2.57. The van der Waals surface area contributed by atoms with E-state index in [2.05, 4.69) is 0 Å². The molecule has 1 aromatic carbocycles. The van der Waals surface area contributed by atoms with Crippen molar-refractivity contribution in [1.82, 2.24) is 0 Å². The number of methoxy groups -OCH3 is 1. The monoisotopic (exact) mass is 157 g/mol. The number of hydrogen-bond donors (Lipinski definition) is 1. The second-order valence-corrected chi connectivity index (χ2v) is 2.10. The van der Waals surface area contributed by atoms with Crippen LogP contribution in [0.1, 0.15) is 19.4 Å². The van der Waals surface area contributed by atoms with Gasteiger partial charge in [-0.1, -0.05) is 6.07 Å². The maximum Gasteiger partial charge on any atom is 0.123 e. The van der Waals surface area contributed by atoms with E-state index in [0.717, 1.165) is 0 Å². The number of ether oxygens (including phenoxy) is 1. The van der Waals surface area contributed by atoms with E-state index in [4.69, 9.17) is 18.7 Å². The van der Waals surface area contributed by atoms with Crippen molar-refractivity contribution in [3.05, 3.63) is 23.3 Å². The van der Waals surface area contributed by atoms with E-state index in [1.807, 2.05) is 0 Å². The van der Waals surface area contributed by atoms with Gasteiger partial charge in [-0.05, 0) is 25.3 Å². The van der Waals surface area contributed by atoms with Crippen molar-refractivity contribution in [2.45, 2.75) is 13.7 Å². The normalized spacial score (nSPS) is 20.1. The summed E-state index contributed by atoms with van der Waals surface area (Å²) in [6.07, 6.45) is 0. The van der Waals surface area contributed by atoms with Gasteiger partial charge in [0.05, 0.1) is 7.11 Å². The molecule has 0 radical (unpaired) electrons. The number of hydrogen-bond acceptors (Lipinski definition) is 2. The highest BCUT2D eigenvalue weighted by molar-refractivity contribution is 5.58. The van der Waals surface area contributed by atoms with Crippen molar-refractivity contribution in [2.24, 2.45) is 0 Å². The number of benzene rings is 1. The standard InChI is InChI=1S/C9H13NO/c1-6-4-5-8(11-3)7(2)9(6)10/h4-5H,10H2,1-3H3/i1D3,2D3. The van der Waals surface area contributed by atoms with Gasteiger partial charge in [0, 0.05) is 19.5 Å². The van der Waals surface area contributed by atoms with Crippen LogP contribution in [-0.2, 0) is 0 Å². The maximum atomic E-state index is 7.35. The van der Waals surface area contributed by atoms with Gasteiger partial charge in [-0.15, -0.1) is 0 Å². The van der Waals surface area contributed by atoms with Gasteiger partial charge in [0.25, 0.3) is 0 Å². The van der Waals surface area contributed by atoms with Gasteiger partial charge in [-0.25, -0.2) is 0 Å². The molecule has 60 valence electrons. The van der Waals surface area contributed by atoms with Gasteiger partial charge in [-0.2, -0.15) is 0 Å². The molecule has 0 amide bonds. The molecule has 0 heterocycles. The molecule has 0 spiro atoms. The van der Waals surface area contributed by atoms with Crippen LogP contribution in [0.4, 0.5) is 5.69 Å². The van der Waals surface area contributed by atoms with Crippen molar-refractivity contribution in [2.75, 3.05) is 12.8 Å². The van der Waals surface area contributed by atoms with Crippen molar-refractivity contribution in [1.29, 1.82) is 0 Å². The Morgan fingerprint density at radius 1 is 1.45 bits per heavy atom. The smallest absolute Gasteiger partial charge is 0.123 e. The lowest BCUT2D eigenvalue weighted by Gasteiger charge is -2.08. The Morgan fingerprint density at radius 3 is 2.82 bits per heavy atom. The molecule has 1 rings (SSSR count). The summed E-state index contributed by atoms with van der Waals surface area (Å²) in [5, 5.41) is 0. The highest BCUT2D eigenvalue weighted by Crippen LogP contribution is 2.25. The van der Waals surface area contributed by atoms with Gasteiger partial charge in [0.2, 0.25) is 0 Å². The molecule has 1 aromatic rings. The van der Waals surface area contributed by atoms with Crippen LogP contribution in [0.15, 0.2) is 12.1 Å². The average Bonchev–Trinajstić information content (AvgIpc) is 2.12. The minimum Gasteiger partial charge on any atom is -0.496 e. The van der Waals surface area contributed by atoms with Gasteiger partial charge < -0.3 is 10.5 Å². The summed E-state index contributed by atoms with van der Waals surface area (Å²) < 4.78 is 48.8. The van der Waals surface area contributed by atoms with E-state index in [1.165, 1.54) is 19.2 Å². The molecule has 0 unspecified atom stereocenters. The molecule has 2 heteroatoms. The zero-order valence-electron chi connectivity index (χ0n) is 12.1. The Balaban J connectivity index is 3.55. The first-order chi connectivity index (χ1) is 7.59. The third-order valence-electron chi connectivity index (χ3n) is 1.43. The average molecular weight is 157 g/mol. The molecule has 11 heavy (non-hydrogen) atoms. The molecule has 0 aliphatic carbocycles. The quantitative estimate of drug-likeness (QED) is 0.632. The molecule has 0 bridgehead atoms. The molecule has 0 fully saturated rings. The molecule has 2 N–H and O–H groups in total. The van der Waals surface area contributed by atoms with Crippen LogP contribution in [0.2, 0.25) is 0 Å². The van der Waals surface area contributed by atoms with Crippen LogP contribution in [-0.4, -0.2) is 7.11 Å². The minimum atomic E-state index is -2.52. The summed E-state index contributed by atoms with van der Waals surface area (Å²) in [4.78, 5) is 0. The molecule has 0 saturated heterocycles. The molecule has 0 atom stereocenters. The summed E-state index contributed by atoms with van der Waals surface area (Å²) in [5.74, 6) is 0.0653. The van der Waals surface area contributed by atoms with Gasteiger partial charge >= 0.3 is 0 Å². The van der Waals surface area contributed by atoms with Gasteiger partial charge in [0.15, 0.2) is 0 Å². The maximum absolute atomic E-state index is 7.35. The predicted molar refractivity (Wildman–Crippen MR) is 46.9 cm³/mol. The predicted octanol–water partition coefficient (Wildman–Crippen LogP) is 1.89. The summed E-state index contributed by atoms with van der Waals surface area (Å²) in [5.41, 5.74) is 4.94. The van der Waals surface area contributed by atoms with Gasteiger partial charge in [0.1, 0.15) is 5.75 Å². The van der Waals surface area contributed by atoms with E-state index >= 15 is 0 Å². The fraction of sp³-hybridized carbons (Fsp3) is 0.333. The third-order valence-corrected chi connectivity index (χ3v) is 1.43. The Labute approximate surface area is 75.4 Å². The van der Waals surface area contributed by atoms with Crippen molar-refractivity contribution in [3.8, 4) is 5.75 Å². The lowest BCUT2D eigenvalue weighted by atomic mass is 10.1. The second kappa shape index (κ2) is 2.82. The first kappa shape index (κ1) is 3.05. The van der Waals surface area contributed by atoms with Gasteiger partial charge in [-0.3, -0.25) is 0 Å². The first-order valence-corrected chi connectivity index (χ1v) is 3.06. The third kappa shape index (κ3) is 1.29. The molecule has 0 aromatic heterocycles. The van der Waals surface area contributed by atoms with E-state index in [1.54, 1.807) is 0 Å². The minimum absolute atomic E-state index is 0.0653. The van der Waals surface area contributed by atoms with E-state index in [-0.39, 0.29) is 22.6 Å². The van der Waals surface area contributed by atoms with Crippen LogP contribution in [0.25, 0.3) is 0 Å². The zero-order valence-corrected chi connectivity index (χ0v) is 6.14. The van der Waals surface area contributed by atoms with E-state index in [0.29, 0.717) is 0 Å². The number of rotatable bonds is 1. The van der Waals surface area contributed by atoms with Crippen molar-refractivity contribution < 1.29 is 13.0 Å². The topological polar surface area (TPSA) is 35.2 Å². The highest BCUT2D eigenvalue weighted by Gasteiger charge is 2.02. The number of anilines is 1. The summed E-state index contributed by atoms with van der Waals surface area (Å²) >= 11 is 0. The van der Waals surface area contributed by atoms with E-state index in [9.17, 15) is 0 Å². The van der Waals surface area contributed by atoms with Crippen LogP contribution in [0.3, 0.4) is 0 Å². The van der Waals surface area contributed by atoms with Crippen LogP contribution in [0, 0.1) is 13.7 Å². The Hall–Kier alpha value is -1.18. The van der Waals surface area contributed by atoms with E-state index < -0.39 is 13.7 Å². The fourth-order valence-electron chi connectivity index (χ4n) is 0.770. The second-order valence-electron chi connectivity index (χ2n) is 2.10. The van der Waals surface area contributed by atoms with Crippen LogP contribution in [0.5, 0.6) is 5.75 Å². The number of nitrogen functional groups attached to an aromatic ring is 1. The zero-order chi connectivity index (χ0) is 13.4. The Bertz CT molecular complexity index is 423. The lowest BCUT2D eigenvalue weighted by molar-refractivity contribution is 0.412. The molecule has 0 aliphatic heterocycles. The summed E-state index contributed by atoms with van der Waals surface area (Å²) in [7, 11) is 1.30. The molecule has 2 nitrogen and oxygen atoms in total. The van der Waals surface area contributed by atoms with Crippen LogP contribution >= 0.6 is 0 Å². The first-order valence-electron chi connectivity index (χ1n) is 6.06.